The first kappa shape index (κ1) is 20.7. The Morgan fingerprint density at radius 2 is 1.74 bits per heavy atom. The van der Waals surface area contributed by atoms with Crippen molar-refractivity contribution in [2.45, 2.75) is 24.9 Å². The second kappa shape index (κ2) is 7.99. The smallest absolute Gasteiger partial charge is 0.379 e. The third-order valence-corrected chi connectivity index (χ3v) is 3.66. The van der Waals surface area contributed by atoms with Crippen LogP contribution in [0.15, 0.2) is 36.9 Å². The largest absolute Gasteiger partial charge is 0.416 e. The number of carbonyl (C=O) groups is 1. The van der Waals surface area contributed by atoms with Crippen LogP contribution in [0.3, 0.4) is 0 Å². The highest BCUT2D eigenvalue weighted by Gasteiger charge is 2.37. The molecule has 0 saturated heterocycles. The fourth-order valence-electron chi connectivity index (χ4n) is 2.31. The van der Waals surface area contributed by atoms with Gasteiger partial charge in [0.2, 0.25) is 0 Å². The van der Waals surface area contributed by atoms with E-state index < -0.39 is 35.6 Å². The van der Waals surface area contributed by atoms with E-state index >= 15 is 0 Å². The summed E-state index contributed by atoms with van der Waals surface area (Å²) in [7, 11) is 1.24. The molecule has 1 heterocycles. The molecule has 0 aliphatic rings. The highest BCUT2D eigenvalue weighted by atomic mass is 19.4. The van der Waals surface area contributed by atoms with Crippen LogP contribution in [0.1, 0.15) is 16.7 Å². The second-order valence-corrected chi connectivity index (χ2v) is 5.63. The summed E-state index contributed by atoms with van der Waals surface area (Å²) in [5, 5.41) is 2.46. The molecule has 1 aromatic carbocycles. The third kappa shape index (κ3) is 5.71. The van der Waals surface area contributed by atoms with Gasteiger partial charge < -0.3 is 10.1 Å². The van der Waals surface area contributed by atoms with Crippen molar-refractivity contribution in [2.75, 3.05) is 13.7 Å². The normalized spacial score (nSPS) is 13.4. The molecule has 5 nitrogen and oxygen atoms in total. The van der Waals surface area contributed by atoms with Crippen molar-refractivity contribution in [3.8, 4) is 0 Å². The van der Waals surface area contributed by atoms with Crippen LogP contribution in [-0.2, 0) is 23.5 Å². The maximum Gasteiger partial charge on any atom is 0.416 e. The van der Waals surface area contributed by atoms with Gasteiger partial charge in [0.15, 0.2) is 0 Å². The van der Waals surface area contributed by atoms with Gasteiger partial charge in [0.25, 0.3) is 0 Å². The summed E-state index contributed by atoms with van der Waals surface area (Å²) in [6.07, 6.45) is -6.95. The van der Waals surface area contributed by atoms with Crippen LogP contribution in [0, 0.1) is 0 Å². The highest BCUT2D eigenvalue weighted by Crippen LogP contribution is 2.36. The van der Waals surface area contributed by atoms with E-state index in [0.717, 1.165) is 4.57 Å². The molecule has 0 aliphatic carbocycles. The van der Waals surface area contributed by atoms with E-state index in [4.69, 9.17) is 4.74 Å². The van der Waals surface area contributed by atoms with Crippen LogP contribution < -0.4 is 5.32 Å². The van der Waals surface area contributed by atoms with E-state index in [1.807, 2.05) is 0 Å². The Labute approximate surface area is 150 Å². The van der Waals surface area contributed by atoms with Gasteiger partial charge in [-0.05, 0) is 23.8 Å². The Morgan fingerprint density at radius 3 is 2.19 bits per heavy atom. The second-order valence-electron chi connectivity index (χ2n) is 5.63. The third-order valence-electron chi connectivity index (χ3n) is 3.66. The monoisotopic (exact) mass is 395 g/mol. The highest BCUT2D eigenvalue weighted by molar-refractivity contribution is 5.76. The Kier molecular flexibility index (Phi) is 6.14. The summed E-state index contributed by atoms with van der Waals surface area (Å²) in [6, 6.07) is 0.777. The molecule has 148 valence electrons. The molecule has 11 heteroatoms. The van der Waals surface area contributed by atoms with Crippen molar-refractivity contribution in [1.82, 2.24) is 14.9 Å². The number of carbonyl (C=O) groups excluding carboxylic acids is 1. The molecule has 1 unspecified atom stereocenters. The maximum atomic E-state index is 12.9. The van der Waals surface area contributed by atoms with Gasteiger partial charge in [0, 0.05) is 32.5 Å². The van der Waals surface area contributed by atoms with E-state index in [1.165, 1.54) is 25.8 Å². The molecule has 1 N–H and O–H groups in total. The van der Waals surface area contributed by atoms with Crippen LogP contribution in [0.5, 0.6) is 0 Å². The number of halogens is 6. The van der Waals surface area contributed by atoms with Crippen LogP contribution in [-0.4, -0.2) is 35.3 Å². The number of imidazole rings is 1. The molecule has 2 rings (SSSR count). The van der Waals surface area contributed by atoms with Gasteiger partial charge in [-0.2, -0.15) is 26.3 Å². The van der Waals surface area contributed by atoms with Crippen LogP contribution >= 0.6 is 0 Å². The number of nitrogens with one attached hydrogen (secondary N) is 1. The number of benzene rings is 1. The molecule has 0 bridgehead atoms. The van der Waals surface area contributed by atoms with Gasteiger partial charge in [-0.15, -0.1) is 0 Å². The van der Waals surface area contributed by atoms with Crippen molar-refractivity contribution >= 4 is 6.03 Å². The Balaban J connectivity index is 2.16. The lowest BCUT2D eigenvalue weighted by atomic mass is 10.0. The summed E-state index contributed by atoms with van der Waals surface area (Å²) in [5.41, 5.74) is -3.00. The summed E-state index contributed by atoms with van der Waals surface area (Å²) in [6.45, 7) is -0.120. The van der Waals surface area contributed by atoms with Gasteiger partial charge in [-0.25, -0.2) is 9.78 Å². The molecular weight excluding hydrogens is 380 g/mol. The molecule has 1 atom stereocenters. The number of ether oxygens (including phenoxy) is 1. The minimum atomic E-state index is -4.92. The number of amides is 1. The molecule has 2 aromatic rings. The Morgan fingerprint density at radius 1 is 1.15 bits per heavy atom. The number of rotatable bonds is 5. The van der Waals surface area contributed by atoms with Gasteiger partial charge in [-0.3, -0.25) is 4.57 Å². The fourth-order valence-corrected chi connectivity index (χ4v) is 2.31. The standard InChI is InChI=1S/C16H15F6N3O2/c1-27-13(8-24-14(26)25-3-2-23-9-25)6-10-4-11(15(17,18)19)7-12(5-10)16(20,21)22/h2-5,7,9,13H,6,8H2,1H3,(H,24,26). The van der Waals surface area contributed by atoms with Crippen LogP contribution in [0.25, 0.3) is 0 Å². The van der Waals surface area contributed by atoms with Gasteiger partial charge in [-0.1, -0.05) is 0 Å². The predicted molar refractivity (Wildman–Crippen MR) is 82.0 cm³/mol. The van der Waals surface area contributed by atoms with Crippen molar-refractivity contribution in [2.24, 2.45) is 0 Å². The predicted octanol–water partition coefficient (Wildman–Crippen LogP) is 3.74. The molecule has 0 radical (unpaired) electrons. The zero-order valence-corrected chi connectivity index (χ0v) is 13.9. The minimum Gasteiger partial charge on any atom is -0.379 e. The first-order valence-electron chi connectivity index (χ1n) is 7.58. The molecule has 0 aliphatic heterocycles. The van der Waals surface area contributed by atoms with Crippen molar-refractivity contribution < 1.29 is 35.9 Å². The van der Waals surface area contributed by atoms with Gasteiger partial charge in [0.05, 0.1) is 17.2 Å². The lowest BCUT2D eigenvalue weighted by Crippen LogP contribution is -2.36. The average molecular weight is 395 g/mol. The van der Waals surface area contributed by atoms with Crippen molar-refractivity contribution in [3.63, 3.8) is 0 Å². The van der Waals surface area contributed by atoms with Crippen molar-refractivity contribution in [3.05, 3.63) is 53.6 Å². The summed E-state index contributed by atoms with van der Waals surface area (Å²) >= 11 is 0. The Bertz CT molecular complexity index is 739. The molecule has 1 aromatic heterocycles. The fraction of sp³-hybridized carbons (Fsp3) is 0.375. The van der Waals surface area contributed by atoms with E-state index in [9.17, 15) is 31.1 Å². The molecule has 27 heavy (non-hydrogen) atoms. The topological polar surface area (TPSA) is 56.1 Å². The number of aromatic nitrogens is 2. The van der Waals surface area contributed by atoms with E-state index in [-0.39, 0.29) is 24.6 Å². The van der Waals surface area contributed by atoms with E-state index in [2.05, 4.69) is 10.3 Å². The average Bonchev–Trinajstić information content (AvgIpc) is 3.11. The first-order valence-corrected chi connectivity index (χ1v) is 7.58. The van der Waals surface area contributed by atoms with Crippen LogP contribution in [0.2, 0.25) is 0 Å². The summed E-state index contributed by atoms with van der Waals surface area (Å²) < 4.78 is 83.6. The summed E-state index contributed by atoms with van der Waals surface area (Å²) in [4.78, 5) is 15.5. The molecule has 0 fully saturated rings. The molecule has 1 amide bonds. The van der Waals surface area contributed by atoms with Gasteiger partial charge >= 0.3 is 18.4 Å². The van der Waals surface area contributed by atoms with Crippen molar-refractivity contribution in [1.29, 1.82) is 0 Å². The van der Waals surface area contributed by atoms with Gasteiger partial charge in [0.1, 0.15) is 6.33 Å². The number of hydrogen-bond acceptors (Lipinski definition) is 3. The molecule has 0 saturated carbocycles. The summed E-state index contributed by atoms with van der Waals surface area (Å²) in [5.74, 6) is 0. The molecule has 0 spiro atoms. The Hall–Kier alpha value is -2.56. The maximum absolute atomic E-state index is 12.9. The number of methoxy groups -OCH3 is 1. The zero-order valence-electron chi connectivity index (χ0n) is 13.9. The first-order chi connectivity index (χ1) is 12.5. The number of alkyl halides is 6. The minimum absolute atomic E-state index is 0.0616. The number of hydrogen-bond donors (Lipinski definition) is 1. The SMILES string of the molecule is COC(CNC(=O)n1ccnc1)Cc1cc(C(F)(F)F)cc(C(F)(F)F)c1. The molecular formula is C16H15F6N3O2. The van der Waals surface area contributed by atoms with E-state index in [0.29, 0.717) is 12.1 Å². The van der Waals surface area contributed by atoms with Crippen LogP contribution in [0.4, 0.5) is 31.1 Å². The zero-order chi connectivity index (χ0) is 20.2. The lowest BCUT2D eigenvalue weighted by molar-refractivity contribution is -0.143. The van der Waals surface area contributed by atoms with E-state index in [1.54, 1.807) is 0 Å². The number of nitrogens with zero attached hydrogens (tertiary/aromatic N) is 2. The quantitative estimate of drug-likeness (QED) is 0.785. The lowest BCUT2D eigenvalue weighted by Gasteiger charge is -2.19.